The van der Waals surface area contributed by atoms with E-state index >= 15 is 0 Å². The smallest absolute Gasteiger partial charge is 0.274 e. The third-order valence-corrected chi connectivity index (χ3v) is 5.05. The summed E-state index contributed by atoms with van der Waals surface area (Å²) in [6.45, 7) is 4.32. The highest BCUT2D eigenvalue weighted by Gasteiger charge is 2.18. The van der Waals surface area contributed by atoms with Gasteiger partial charge in [0.15, 0.2) is 0 Å². The lowest BCUT2D eigenvalue weighted by Crippen LogP contribution is -2.15. The topological polar surface area (TPSA) is 55.6 Å². The number of fused-ring (bicyclic) bond motifs is 1. The standard InChI is InChI=1S/C23H20BrN3O2/c1-15-12-18(24)13-27-21(16(2)25-22(15)27)23(28)26-19-8-10-20(11-9-19)29-14-17-6-4-3-5-7-17/h3-13H,14H2,1-2H3,(H,26,28). The van der Waals surface area contributed by atoms with E-state index in [1.54, 1.807) is 0 Å². The molecule has 1 N–H and O–H groups in total. The Kier molecular flexibility index (Phi) is 5.36. The Balaban J connectivity index is 1.49. The lowest BCUT2D eigenvalue weighted by atomic mass is 10.2. The van der Waals surface area contributed by atoms with E-state index < -0.39 is 0 Å². The number of hydrogen-bond donors (Lipinski definition) is 1. The maximum Gasteiger partial charge on any atom is 0.274 e. The molecule has 0 spiro atoms. The molecule has 0 unspecified atom stereocenters. The molecule has 146 valence electrons. The van der Waals surface area contributed by atoms with Crippen LogP contribution in [0.15, 0.2) is 71.3 Å². The highest BCUT2D eigenvalue weighted by molar-refractivity contribution is 9.10. The quantitative estimate of drug-likeness (QED) is 0.434. The molecule has 0 aliphatic carbocycles. The van der Waals surface area contributed by atoms with Crippen molar-refractivity contribution in [2.45, 2.75) is 20.5 Å². The molecule has 4 rings (SSSR count). The van der Waals surface area contributed by atoms with E-state index in [4.69, 9.17) is 4.74 Å². The van der Waals surface area contributed by atoms with Gasteiger partial charge in [-0.25, -0.2) is 4.98 Å². The van der Waals surface area contributed by atoms with Gasteiger partial charge in [-0.15, -0.1) is 0 Å². The SMILES string of the molecule is Cc1nc2c(C)cc(Br)cn2c1C(=O)Nc1ccc(OCc2ccccc2)cc1. The van der Waals surface area contributed by atoms with Gasteiger partial charge in [-0.05, 0) is 71.2 Å². The third-order valence-electron chi connectivity index (χ3n) is 4.62. The van der Waals surface area contributed by atoms with Crippen molar-refractivity contribution in [3.8, 4) is 5.75 Å². The molecule has 4 aromatic rings. The van der Waals surface area contributed by atoms with Gasteiger partial charge in [-0.1, -0.05) is 30.3 Å². The van der Waals surface area contributed by atoms with Crippen LogP contribution in [-0.2, 0) is 6.61 Å². The molecule has 0 saturated heterocycles. The molecule has 1 amide bonds. The van der Waals surface area contributed by atoms with Crippen molar-refractivity contribution in [3.63, 3.8) is 0 Å². The first-order valence-corrected chi connectivity index (χ1v) is 10.0. The Morgan fingerprint density at radius 1 is 1.10 bits per heavy atom. The predicted octanol–water partition coefficient (Wildman–Crippen LogP) is 5.54. The molecule has 2 aromatic carbocycles. The lowest BCUT2D eigenvalue weighted by Gasteiger charge is -2.09. The van der Waals surface area contributed by atoms with Gasteiger partial charge in [0.25, 0.3) is 5.91 Å². The number of benzene rings is 2. The molecule has 0 saturated carbocycles. The fraction of sp³-hybridized carbons (Fsp3) is 0.130. The summed E-state index contributed by atoms with van der Waals surface area (Å²) in [5.41, 5.74) is 4.79. The van der Waals surface area contributed by atoms with E-state index in [2.05, 4.69) is 26.2 Å². The largest absolute Gasteiger partial charge is 0.489 e. The van der Waals surface area contributed by atoms with Crippen molar-refractivity contribution in [1.29, 1.82) is 0 Å². The summed E-state index contributed by atoms with van der Waals surface area (Å²) < 4.78 is 8.51. The maximum atomic E-state index is 12.9. The molecule has 0 bridgehead atoms. The minimum Gasteiger partial charge on any atom is -0.489 e. The second-order valence-electron chi connectivity index (χ2n) is 6.83. The van der Waals surface area contributed by atoms with Gasteiger partial charge in [0, 0.05) is 16.4 Å². The van der Waals surface area contributed by atoms with Crippen LogP contribution >= 0.6 is 15.9 Å². The second kappa shape index (κ2) is 8.09. The number of carbonyl (C=O) groups is 1. The summed E-state index contributed by atoms with van der Waals surface area (Å²) in [6, 6.07) is 19.3. The highest BCUT2D eigenvalue weighted by atomic mass is 79.9. The molecule has 5 nitrogen and oxygen atoms in total. The number of hydrogen-bond acceptors (Lipinski definition) is 3. The number of nitrogens with zero attached hydrogens (tertiary/aromatic N) is 2. The number of imidazole rings is 1. The van der Waals surface area contributed by atoms with Crippen molar-refractivity contribution < 1.29 is 9.53 Å². The summed E-state index contributed by atoms with van der Waals surface area (Å²) >= 11 is 3.49. The van der Waals surface area contributed by atoms with Crippen molar-refractivity contribution in [2.24, 2.45) is 0 Å². The molecular weight excluding hydrogens is 430 g/mol. The number of aromatic nitrogens is 2. The Hall–Kier alpha value is -3.12. The highest BCUT2D eigenvalue weighted by Crippen LogP contribution is 2.22. The van der Waals surface area contributed by atoms with Crippen LogP contribution in [0.2, 0.25) is 0 Å². The van der Waals surface area contributed by atoms with Gasteiger partial charge in [0.2, 0.25) is 0 Å². The van der Waals surface area contributed by atoms with Crippen molar-refractivity contribution in [1.82, 2.24) is 9.38 Å². The van der Waals surface area contributed by atoms with Gasteiger partial charge < -0.3 is 10.1 Å². The zero-order valence-electron chi connectivity index (χ0n) is 16.1. The third kappa shape index (κ3) is 4.17. The number of halogens is 1. The molecule has 0 fully saturated rings. The van der Waals surface area contributed by atoms with Crippen molar-refractivity contribution in [2.75, 3.05) is 5.32 Å². The minimum absolute atomic E-state index is 0.203. The number of pyridine rings is 1. The Bertz CT molecular complexity index is 1170. The molecular formula is C23H20BrN3O2. The van der Waals surface area contributed by atoms with Crippen LogP contribution in [0.25, 0.3) is 5.65 Å². The van der Waals surface area contributed by atoms with E-state index in [1.165, 1.54) is 0 Å². The normalized spacial score (nSPS) is 10.9. The Morgan fingerprint density at radius 3 is 2.55 bits per heavy atom. The van der Waals surface area contributed by atoms with Gasteiger partial charge in [0.05, 0.1) is 5.69 Å². The number of rotatable bonds is 5. The van der Waals surface area contributed by atoms with Gasteiger partial charge in [-0.2, -0.15) is 0 Å². The summed E-state index contributed by atoms with van der Waals surface area (Å²) in [5, 5.41) is 2.95. The van der Waals surface area contributed by atoms with Gasteiger partial charge >= 0.3 is 0 Å². The van der Waals surface area contributed by atoms with Crippen molar-refractivity contribution >= 4 is 33.2 Å². The van der Waals surface area contributed by atoms with Crippen LogP contribution in [0.5, 0.6) is 5.75 Å². The summed E-state index contributed by atoms with van der Waals surface area (Å²) in [7, 11) is 0. The minimum atomic E-state index is -0.203. The van der Waals surface area contributed by atoms with E-state index in [0.29, 0.717) is 23.7 Å². The average Bonchev–Trinajstić information content (AvgIpc) is 3.04. The number of nitrogens with one attached hydrogen (secondary N) is 1. The maximum absolute atomic E-state index is 12.9. The average molecular weight is 450 g/mol. The molecule has 0 atom stereocenters. The summed E-state index contributed by atoms with van der Waals surface area (Å²) in [4.78, 5) is 17.5. The molecule has 2 aromatic heterocycles. The molecule has 2 heterocycles. The van der Waals surface area contributed by atoms with Crippen LogP contribution in [0.3, 0.4) is 0 Å². The summed E-state index contributed by atoms with van der Waals surface area (Å²) in [6.07, 6.45) is 1.86. The number of anilines is 1. The fourth-order valence-corrected chi connectivity index (χ4v) is 3.77. The number of aryl methyl sites for hydroxylation is 2. The van der Waals surface area contributed by atoms with Gasteiger partial charge in [-0.3, -0.25) is 9.20 Å². The van der Waals surface area contributed by atoms with Crippen LogP contribution in [0.4, 0.5) is 5.69 Å². The number of carbonyl (C=O) groups excluding carboxylic acids is 1. The second-order valence-corrected chi connectivity index (χ2v) is 7.75. The van der Waals surface area contributed by atoms with E-state index in [0.717, 1.165) is 27.0 Å². The van der Waals surface area contributed by atoms with E-state index in [9.17, 15) is 4.79 Å². The number of amides is 1. The Labute approximate surface area is 177 Å². The van der Waals surface area contributed by atoms with Crippen LogP contribution in [0, 0.1) is 13.8 Å². The monoisotopic (exact) mass is 449 g/mol. The zero-order valence-corrected chi connectivity index (χ0v) is 17.7. The fourth-order valence-electron chi connectivity index (χ4n) is 3.22. The molecule has 0 aliphatic heterocycles. The lowest BCUT2D eigenvalue weighted by molar-refractivity contribution is 0.102. The number of ether oxygens (including phenoxy) is 1. The van der Waals surface area contributed by atoms with Crippen LogP contribution < -0.4 is 10.1 Å². The molecule has 0 aliphatic rings. The van der Waals surface area contributed by atoms with Gasteiger partial charge in [0.1, 0.15) is 23.7 Å². The molecule has 6 heteroatoms. The first kappa shape index (κ1) is 19.2. The molecule has 29 heavy (non-hydrogen) atoms. The van der Waals surface area contributed by atoms with Crippen molar-refractivity contribution in [3.05, 3.63) is 93.8 Å². The zero-order chi connectivity index (χ0) is 20.4. The summed E-state index contributed by atoms with van der Waals surface area (Å²) in [5.74, 6) is 0.544. The first-order valence-electron chi connectivity index (χ1n) is 9.24. The van der Waals surface area contributed by atoms with E-state index in [-0.39, 0.29) is 5.91 Å². The van der Waals surface area contributed by atoms with Crippen LogP contribution in [-0.4, -0.2) is 15.3 Å². The van der Waals surface area contributed by atoms with Crippen LogP contribution in [0.1, 0.15) is 27.3 Å². The first-order chi connectivity index (χ1) is 14.0. The predicted molar refractivity (Wildman–Crippen MR) is 118 cm³/mol. The Morgan fingerprint density at radius 2 is 1.83 bits per heavy atom. The van der Waals surface area contributed by atoms with E-state index in [1.807, 2.05) is 85.1 Å². The molecule has 0 radical (unpaired) electrons.